The number of aliphatic carboxylic acids is 1. The molecule has 1 aliphatic rings. The molecule has 1 amide bonds. The Bertz CT molecular complexity index is 840. The van der Waals surface area contributed by atoms with E-state index in [1.807, 2.05) is 12.1 Å². The molecule has 184 valence electrons. The molecular weight excluding hydrogens is 420 g/mol. The van der Waals surface area contributed by atoms with Crippen LogP contribution in [0.25, 0.3) is 0 Å². The molecule has 0 bridgehead atoms. The lowest BCUT2D eigenvalue weighted by Gasteiger charge is -2.35. The van der Waals surface area contributed by atoms with Crippen LogP contribution in [0, 0.1) is 17.8 Å². The van der Waals surface area contributed by atoms with Crippen LogP contribution in [0.2, 0.25) is 0 Å². The van der Waals surface area contributed by atoms with Crippen molar-refractivity contribution in [2.45, 2.75) is 71.8 Å². The molecule has 2 rings (SSSR count). The molecule has 1 fully saturated rings. The fraction of sp³-hybridized carbons (Fsp3) is 0.654. The quantitative estimate of drug-likeness (QED) is 0.429. The van der Waals surface area contributed by atoms with Gasteiger partial charge in [-0.3, -0.25) is 9.59 Å². The molecule has 0 aliphatic carbocycles. The number of nitrogens with one attached hydrogen (secondary N) is 1. The Labute approximate surface area is 197 Å². The Balaban J connectivity index is 2.12. The Morgan fingerprint density at radius 3 is 2.45 bits per heavy atom. The molecular formula is C26H40N2O5. The van der Waals surface area contributed by atoms with Crippen LogP contribution in [0.1, 0.15) is 65.9 Å². The molecule has 1 saturated heterocycles. The highest BCUT2D eigenvalue weighted by Gasteiger charge is 2.34. The summed E-state index contributed by atoms with van der Waals surface area (Å²) in [6.07, 6.45) is 4.45. The van der Waals surface area contributed by atoms with Gasteiger partial charge in [-0.25, -0.2) is 4.79 Å². The highest BCUT2D eigenvalue weighted by Crippen LogP contribution is 2.37. The van der Waals surface area contributed by atoms with Gasteiger partial charge in [-0.15, -0.1) is 0 Å². The third-order valence-corrected chi connectivity index (χ3v) is 7.13. The summed E-state index contributed by atoms with van der Waals surface area (Å²) >= 11 is 0. The van der Waals surface area contributed by atoms with E-state index in [-0.39, 0.29) is 11.3 Å². The maximum Gasteiger partial charge on any atom is 0.326 e. The molecule has 0 saturated carbocycles. The Morgan fingerprint density at radius 2 is 1.85 bits per heavy atom. The van der Waals surface area contributed by atoms with Crippen molar-refractivity contribution in [3.8, 4) is 5.75 Å². The molecule has 4 atom stereocenters. The van der Waals surface area contributed by atoms with Gasteiger partial charge in [-0.1, -0.05) is 53.2 Å². The number of benzene rings is 1. The van der Waals surface area contributed by atoms with Crippen molar-refractivity contribution in [1.29, 1.82) is 0 Å². The first-order valence-electron chi connectivity index (χ1n) is 12.0. The number of nitrogens with zero attached hydrogens (tertiary/aromatic N) is 1. The van der Waals surface area contributed by atoms with Crippen LogP contribution >= 0.6 is 0 Å². The van der Waals surface area contributed by atoms with Gasteiger partial charge in [-0.2, -0.15) is 0 Å². The Kier molecular flexibility index (Phi) is 9.46. The van der Waals surface area contributed by atoms with Crippen molar-refractivity contribution in [1.82, 2.24) is 10.2 Å². The van der Waals surface area contributed by atoms with E-state index in [4.69, 9.17) is 4.74 Å². The van der Waals surface area contributed by atoms with Gasteiger partial charge in [-0.05, 0) is 56.5 Å². The molecule has 2 N–H and O–H groups in total. The number of hydrogen-bond acceptors (Lipinski definition) is 5. The van der Waals surface area contributed by atoms with Crippen molar-refractivity contribution in [3.63, 3.8) is 0 Å². The summed E-state index contributed by atoms with van der Waals surface area (Å²) in [5.74, 6) is -3.31. The zero-order chi connectivity index (χ0) is 24.8. The molecule has 0 aromatic heterocycles. The number of hydrogen-bond donors (Lipinski definition) is 2. The number of carbonyl (C=O) groups excluding carboxylic acids is 2. The molecule has 33 heavy (non-hydrogen) atoms. The van der Waals surface area contributed by atoms with E-state index in [0.717, 1.165) is 25.9 Å². The topological polar surface area (TPSA) is 95.9 Å². The zero-order valence-electron chi connectivity index (χ0n) is 20.9. The van der Waals surface area contributed by atoms with Gasteiger partial charge in [0.05, 0.1) is 5.92 Å². The van der Waals surface area contributed by atoms with Crippen molar-refractivity contribution in [3.05, 3.63) is 29.8 Å². The number of likely N-dealkylation sites (tertiary alicyclic amines) is 1. The number of esters is 1. The normalized spacial score (nSPS) is 22.2. The highest BCUT2D eigenvalue weighted by molar-refractivity contribution is 5.88. The fourth-order valence-electron chi connectivity index (χ4n) is 4.58. The van der Waals surface area contributed by atoms with Gasteiger partial charge in [0, 0.05) is 17.9 Å². The summed E-state index contributed by atoms with van der Waals surface area (Å²) < 4.78 is 5.68. The van der Waals surface area contributed by atoms with Gasteiger partial charge in [0.15, 0.2) is 0 Å². The number of carboxylic acids is 1. The molecule has 1 aromatic rings. The molecule has 0 radical (unpaired) electrons. The van der Waals surface area contributed by atoms with Gasteiger partial charge >= 0.3 is 11.9 Å². The lowest BCUT2D eigenvalue weighted by molar-refractivity contribution is -0.146. The van der Waals surface area contributed by atoms with Gasteiger partial charge in [0.1, 0.15) is 11.8 Å². The first kappa shape index (κ1) is 26.8. The summed E-state index contributed by atoms with van der Waals surface area (Å²) in [5, 5.41) is 11.9. The summed E-state index contributed by atoms with van der Waals surface area (Å²) in [7, 11) is 2.15. The SMILES string of the molecule is CCC1(c2cccc(OC(=O)C(C)C(C)C(=O)NC(C(=O)O)C(C)C)c2)CCCCN(C)C1. The number of rotatable bonds is 9. The van der Waals surface area contributed by atoms with Crippen LogP contribution in [0.15, 0.2) is 24.3 Å². The van der Waals surface area contributed by atoms with Crippen molar-refractivity contribution in [2.75, 3.05) is 20.1 Å². The minimum Gasteiger partial charge on any atom is -0.480 e. The number of carboxylic acid groups (broad SMARTS) is 1. The summed E-state index contributed by atoms with van der Waals surface area (Å²) in [4.78, 5) is 39.2. The first-order chi connectivity index (χ1) is 15.5. The molecule has 1 heterocycles. The van der Waals surface area contributed by atoms with Crippen LogP contribution in [0.5, 0.6) is 5.75 Å². The maximum absolute atomic E-state index is 12.8. The van der Waals surface area contributed by atoms with Gasteiger partial charge < -0.3 is 20.1 Å². The summed E-state index contributed by atoms with van der Waals surface area (Å²) in [6, 6.07) is 6.75. The average molecular weight is 461 g/mol. The number of amides is 1. The first-order valence-corrected chi connectivity index (χ1v) is 12.0. The monoisotopic (exact) mass is 460 g/mol. The number of likely N-dealkylation sites (N-methyl/N-ethyl adjacent to an activating group) is 1. The minimum atomic E-state index is -1.09. The second-order valence-electron chi connectivity index (χ2n) is 9.92. The predicted octanol–water partition coefficient (Wildman–Crippen LogP) is 3.85. The largest absolute Gasteiger partial charge is 0.480 e. The molecule has 4 unspecified atom stereocenters. The lowest BCUT2D eigenvalue weighted by Crippen LogP contribution is -2.48. The van der Waals surface area contributed by atoms with E-state index in [1.165, 1.54) is 18.4 Å². The van der Waals surface area contributed by atoms with E-state index in [0.29, 0.717) is 5.75 Å². The molecule has 0 spiro atoms. The number of carbonyl (C=O) groups is 3. The molecule has 1 aromatic carbocycles. The summed E-state index contributed by atoms with van der Waals surface area (Å²) in [6.45, 7) is 11.0. The maximum atomic E-state index is 12.8. The van der Waals surface area contributed by atoms with Crippen molar-refractivity contribution in [2.24, 2.45) is 17.8 Å². The van der Waals surface area contributed by atoms with E-state index in [9.17, 15) is 19.5 Å². The average Bonchev–Trinajstić information content (AvgIpc) is 2.97. The zero-order valence-corrected chi connectivity index (χ0v) is 20.9. The lowest BCUT2D eigenvalue weighted by atomic mass is 9.74. The van der Waals surface area contributed by atoms with Crippen molar-refractivity contribution >= 4 is 17.8 Å². The summed E-state index contributed by atoms with van der Waals surface area (Å²) in [5.41, 5.74) is 1.19. The van der Waals surface area contributed by atoms with E-state index >= 15 is 0 Å². The van der Waals surface area contributed by atoms with E-state index in [2.05, 4.69) is 30.3 Å². The van der Waals surface area contributed by atoms with Crippen LogP contribution < -0.4 is 10.1 Å². The third kappa shape index (κ3) is 6.79. The smallest absolute Gasteiger partial charge is 0.326 e. The van der Waals surface area contributed by atoms with E-state index < -0.39 is 35.7 Å². The van der Waals surface area contributed by atoms with Crippen molar-refractivity contribution < 1.29 is 24.2 Å². The Hall–Kier alpha value is -2.41. The number of ether oxygens (including phenoxy) is 1. The Morgan fingerprint density at radius 1 is 1.15 bits per heavy atom. The van der Waals surface area contributed by atoms with Gasteiger partial charge in [0.25, 0.3) is 0 Å². The second kappa shape index (κ2) is 11.6. The van der Waals surface area contributed by atoms with Crippen LogP contribution in [0.3, 0.4) is 0 Å². The van der Waals surface area contributed by atoms with Crippen LogP contribution in [0.4, 0.5) is 0 Å². The van der Waals surface area contributed by atoms with E-state index in [1.54, 1.807) is 33.8 Å². The standard InChI is InChI=1S/C26H40N2O5/c1-7-26(13-8-9-14-28(6)16-26)20-11-10-12-21(15-20)33-25(32)19(5)18(4)23(29)27-22(17(2)3)24(30)31/h10-12,15,17-19,22H,7-9,13-14,16H2,1-6H3,(H,27,29)(H,30,31). The minimum absolute atomic E-state index is 0.0230. The predicted molar refractivity (Wildman–Crippen MR) is 128 cm³/mol. The van der Waals surface area contributed by atoms with Crippen LogP contribution in [-0.4, -0.2) is 54.0 Å². The molecule has 7 nitrogen and oxygen atoms in total. The second-order valence-corrected chi connectivity index (χ2v) is 9.92. The fourth-order valence-corrected chi connectivity index (χ4v) is 4.58. The van der Waals surface area contributed by atoms with Crippen LogP contribution in [-0.2, 0) is 19.8 Å². The third-order valence-electron chi connectivity index (χ3n) is 7.13. The molecule has 7 heteroatoms. The van der Waals surface area contributed by atoms with Gasteiger partial charge in [0.2, 0.25) is 5.91 Å². The highest BCUT2D eigenvalue weighted by atomic mass is 16.5. The molecule has 1 aliphatic heterocycles.